The second-order valence-corrected chi connectivity index (χ2v) is 8.23. The van der Waals surface area contributed by atoms with Gasteiger partial charge in [0.1, 0.15) is 0 Å². The maximum Gasteiger partial charge on any atom is 0.309 e. The van der Waals surface area contributed by atoms with Gasteiger partial charge in [0, 0.05) is 0 Å². The van der Waals surface area contributed by atoms with Crippen molar-refractivity contribution in [2.24, 2.45) is 11.8 Å². The standard InChI is InChI=1S/C24H42O4/c1-2-3-4-5-6-7-8-9-10-11-12-13-14-17-20-28-24(27)22-19-16-15-18-21(22)23(25)26/h4-5,21-22H,2-3,6-20H2,1H3,(H,25,26)/b5-4+. The van der Waals surface area contributed by atoms with E-state index in [9.17, 15) is 14.7 Å². The van der Waals surface area contributed by atoms with Gasteiger partial charge in [-0.25, -0.2) is 0 Å². The smallest absolute Gasteiger partial charge is 0.309 e. The van der Waals surface area contributed by atoms with Gasteiger partial charge in [-0.15, -0.1) is 0 Å². The van der Waals surface area contributed by atoms with Crippen LogP contribution in [0.4, 0.5) is 0 Å². The number of ether oxygens (including phenoxy) is 1. The third-order valence-corrected chi connectivity index (χ3v) is 5.77. The van der Waals surface area contributed by atoms with Crippen molar-refractivity contribution in [3.05, 3.63) is 12.2 Å². The Kier molecular flexibility index (Phi) is 14.7. The predicted octanol–water partition coefficient (Wildman–Crippen LogP) is 6.68. The summed E-state index contributed by atoms with van der Waals surface area (Å²) in [5.74, 6) is -2.13. The molecule has 0 aliphatic heterocycles. The van der Waals surface area contributed by atoms with Gasteiger partial charge in [-0.2, -0.15) is 0 Å². The minimum absolute atomic E-state index is 0.295. The van der Waals surface area contributed by atoms with Crippen molar-refractivity contribution in [3.8, 4) is 0 Å². The first kappa shape index (κ1) is 24.7. The van der Waals surface area contributed by atoms with Gasteiger partial charge >= 0.3 is 11.9 Å². The van der Waals surface area contributed by atoms with E-state index in [2.05, 4.69) is 19.1 Å². The quantitative estimate of drug-likeness (QED) is 0.180. The topological polar surface area (TPSA) is 63.6 Å². The highest BCUT2D eigenvalue weighted by Gasteiger charge is 2.36. The summed E-state index contributed by atoms with van der Waals surface area (Å²) in [4.78, 5) is 23.4. The van der Waals surface area contributed by atoms with Gasteiger partial charge in [0.2, 0.25) is 0 Å². The molecule has 1 fully saturated rings. The van der Waals surface area contributed by atoms with E-state index in [0.29, 0.717) is 19.4 Å². The van der Waals surface area contributed by atoms with Crippen molar-refractivity contribution >= 4 is 11.9 Å². The van der Waals surface area contributed by atoms with Crippen LogP contribution in [-0.4, -0.2) is 23.7 Å². The van der Waals surface area contributed by atoms with Crippen molar-refractivity contribution in [1.82, 2.24) is 0 Å². The summed E-state index contributed by atoms with van der Waals surface area (Å²) in [5.41, 5.74) is 0. The molecule has 1 N–H and O–H groups in total. The van der Waals surface area contributed by atoms with Crippen LogP contribution in [0.2, 0.25) is 0 Å². The first-order chi connectivity index (χ1) is 13.7. The summed E-state index contributed by atoms with van der Waals surface area (Å²) in [6.07, 6.45) is 22.4. The zero-order valence-corrected chi connectivity index (χ0v) is 18.0. The monoisotopic (exact) mass is 394 g/mol. The number of rotatable bonds is 16. The Morgan fingerprint density at radius 2 is 1.36 bits per heavy atom. The van der Waals surface area contributed by atoms with Crippen molar-refractivity contribution in [2.45, 2.75) is 110 Å². The molecule has 1 saturated carbocycles. The normalized spacial score (nSPS) is 19.8. The van der Waals surface area contributed by atoms with Crippen LogP contribution < -0.4 is 0 Å². The van der Waals surface area contributed by atoms with Crippen LogP contribution in [0.1, 0.15) is 110 Å². The first-order valence-electron chi connectivity index (χ1n) is 11.7. The van der Waals surface area contributed by atoms with Gasteiger partial charge in [0.05, 0.1) is 18.4 Å². The first-order valence-corrected chi connectivity index (χ1v) is 11.7. The van der Waals surface area contributed by atoms with Crippen LogP contribution in [-0.2, 0) is 14.3 Å². The average Bonchev–Trinajstić information content (AvgIpc) is 2.70. The van der Waals surface area contributed by atoms with E-state index >= 15 is 0 Å². The molecule has 0 bridgehead atoms. The van der Waals surface area contributed by atoms with Gasteiger partial charge in [-0.3, -0.25) is 9.59 Å². The molecule has 1 aliphatic carbocycles. The molecule has 0 aromatic carbocycles. The van der Waals surface area contributed by atoms with E-state index in [1.54, 1.807) is 0 Å². The fraction of sp³-hybridized carbons (Fsp3) is 0.833. The summed E-state index contributed by atoms with van der Waals surface area (Å²) in [6, 6.07) is 0. The predicted molar refractivity (Wildman–Crippen MR) is 114 cm³/mol. The summed E-state index contributed by atoms with van der Waals surface area (Å²) >= 11 is 0. The number of esters is 1. The molecule has 0 aromatic heterocycles. The second-order valence-electron chi connectivity index (χ2n) is 8.23. The number of hydrogen-bond donors (Lipinski definition) is 1. The zero-order chi connectivity index (χ0) is 20.5. The van der Waals surface area contributed by atoms with Crippen molar-refractivity contribution in [1.29, 1.82) is 0 Å². The molecule has 0 heterocycles. The Balaban J connectivity index is 1.91. The number of carbonyl (C=O) groups excluding carboxylic acids is 1. The highest BCUT2D eigenvalue weighted by atomic mass is 16.5. The van der Waals surface area contributed by atoms with E-state index in [0.717, 1.165) is 25.7 Å². The molecule has 2 atom stereocenters. The van der Waals surface area contributed by atoms with Gasteiger partial charge in [-0.05, 0) is 38.5 Å². The zero-order valence-electron chi connectivity index (χ0n) is 18.0. The largest absolute Gasteiger partial charge is 0.481 e. The van der Waals surface area contributed by atoms with E-state index < -0.39 is 17.8 Å². The highest BCUT2D eigenvalue weighted by molar-refractivity contribution is 5.81. The molecule has 0 saturated heterocycles. The summed E-state index contributed by atoms with van der Waals surface area (Å²) in [5, 5.41) is 9.25. The lowest BCUT2D eigenvalue weighted by Gasteiger charge is -2.26. The minimum Gasteiger partial charge on any atom is -0.481 e. The number of unbranched alkanes of at least 4 members (excludes halogenated alkanes) is 10. The summed E-state index contributed by atoms with van der Waals surface area (Å²) < 4.78 is 5.36. The molecule has 1 aliphatic rings. The number of hydrogen-bond acceptors (Lipinski definition) is 3. The highest BCUT2D eigenvalue weighted by Crippen LogP contribution is 2.31. The van der Waals surface area contributed by atoms with Crippen LogP contribution >= 0.6 is 0 Å². The van der Waals surface area contributed by atoms with Gasteiger partial charge in [0.15, 0.2) is 0 Å². The maximum absolute atomic E-state index is 12.2. The fourth-order valence-electron chi connectivity index (χ4n) is 3.99. The lowest BCUT2D eigenvalue weighted by molar-refractivity contribution is -0.159. The van der Waals surface area contributed by atoms with Gasteiger partial charge < -0.3 is 9.84 Å². The number of carboxylic acid groups (broad SMARTS) is 1. The third kappa shape index (κ3) is 11.5. The molecule has 2 unspecified atom stereocenters. The lowest BCUT2D eigenvalue weighted by Crippen LogP contribution is -2.33. The average molecular weight is 395 g/mol. The second kappa shape index (κ2) is 16.6. The molecule has 0 spiro atoms. The number of carbonyl (C=O) groups is 2. The van der Waals surface area contributed by atoms with Crippen LogP contribution in [0.15, 0.2) is 12.2 Å². The van der Waals surface area contributed by atoms with Gasteiger partial charge in [-0.1, -0.05) is 83.3 Å². The SMILES string of the molecule is CCC/C=C/CCCCCCCCCCCOC(=O)C1CCCCC1C(=O)O. The van der Waals surface area contributed by atoms with Crippen molar-refractivity contribution < 1.29 is 19.4 Å². The van der Waals surface area contributed by atoms with Gasteiger partial charge in [0.25, 0.3) is 0 Å². The number of carboxylic acids is 1. The summed E-state index contributed by atoms with van der Waals surface area (Å²) in [7, 11) is 0. The molecule has 4 nitrogen and oxygen atoms in total. The molecule has 4 heteroatoms. The molecule has 0 amide bonds. The fourth-order valence-corrected chi connectivity index (χ4v) is 3.99. The Bertz CT molecular complexity index is 444. The van der Waals surface area contributed by atoms with E-state index in [1.165, 1.54) is 64.2 Å². The molecule has 162 valence electrons. The molecular weight excluding hydrogens is 352 g/mol. The molecule has 0 aromatic rings. The summed E-state index contributed by atoms with van der Waals surface area (Å²) in [6.45, 7) is 2.65. The Morgan fingerprint density at radius 1 is 0.821 bits per heavy atom. The van der Waals surface area contributed by atoms with Crippen molar-refractivity contribution in [3.63, 3.8) is 0 Å². The molecule has 1 rings (SSSR count). The maximum atomic E-state index is 12.2. The van der Waals surface area contributed by atoms with Crippen LogP contribution in [0.25, 0.3) is 0 Å². The van der Waals surface area contributed by atoms with Crippen molar-refractivity contribution in [2.75, 3.05) is 6.61 Å². The van der Waals surface area contributed by atoms with E-state index in [1.807, 2.05) is 0 Å². The van der Waals surface area contributed by atoms with Crippen LogP contribution in [0.3, 0.4) is 0 Å². The number of allylic oxidation sites excluding steroid dienone is 2. The minimum atomic E-state index is -0.852. The molecule has 28 heavy (non-hydrogen) atoms. The Hall–Kier alpha value is -1.32. The molecular formula is C24H42O4. The Morgan fingerprint density at radius 3 is 1.96 bits per heavy atom. The lowest BCUT2D eigenvalue weighted by atomic mass is 9.79. The number of aliphatic carboxylic acids is 1. The van der Waals surface area contributed by atoms with Crippen LogP contribution in [0.5, 0.6) is 0 Å². The third-order valence-electron chi connectivity index (χ3n) is 5.77. The van der Waals surface area contributed by atoms with Crippen LogP contribution in [0, 0.1) is 11.8 Å². The van der Waals surface area contributed by atoms with E-state index in [4.69, 9.17) is 4.74 Å². The van der Waals surface area contributed by atoms with E-state index in [-0.39, 0.29) is 5.97 Å². The molecule has 0 radical (unpaired) electrons. The Labute approximate surface area is 172 Å².